The van der Waals surface area contributed by atoms with Crippen LogP contribution in [0.15, 0.2) is 24.3 Å². The third kappa shape index (κ3) is 6.24. The van der Waals surface area contributed by atoms with Gasteiger partial charge in [-0.05, 0) is 45.0 Å². The van der Waals surface area contributed by atoms with E-state index in [0.29, 0.717) is 5.75 Å². The zero-order chi connectivity index (χ0) is 17.0. The lowest BCUT2D eigenvalue weighted by Crippen LogP contribution is -2.39. The van der Waals surface area contributed by atoms with E-state index < -0.39 is 30.2 Å². The zero-order valence-corrected chi connectivity index (χ0v) is 13.0. The number of esters is 1. The second-order valence-corrected chi connectivity index (χ2v) is 5.76. The van der Waals surface area contributed by atoms with Crippen molar-refractivity contribution in [2.24, 2.45) is 0 Å². The van der Waals surface area contributed by atoms with Crippen LogP contribution in [0, 0.1) is 0 Å². The molecule has 22 heavy (non-hydrogen) atoms. The Morgan fingerprint density at radius 1 is 1.18 bits per heavy atom. The summed E-state index contributed by atoms with van der Waals surface area (Å²) in [6.07, 6.45) is -5.37. The molecule has 0 bridgehead atoms. The van der Waals surface area contributed by atoms with Crippen LogP contribution in [0.3, 0.4) is 0 Å². The van der Waals surface area contributed by atoms with E-state index in [0.717, 1.165) is 0 Å². The highest BCUT2D eigenvalue weighted by Gasteiger charge is 2.41. The topological polar surface area (TPSA) is 47.6 Å². The Morgan fingerprint density at radius 3 is 2.14 bits per heavy atom. The molecule has 0 saturated carbocycles. The highest BCUT2D eigenvalue weighted by Crippen LogP contribution is 2.27. The maximum atomic E-state index is 13.0. The quantitative estimate of drug-likeness (QED) is 0.839. The molecular formula is C15H20F3NO3. The van der Waals surface area contributed by atoms with Crippen LogP contribution in [0.1, 0.15) is 27.2 Å². The second kappa shape index (κ2) is 6.89. The zero-order valence-electron chi connectivity index (χ0n) is 13.0. The minimum Gasteiger partial charge on any atom is -0.497 e. The summed E-state index contributed by atoms with van der Waals surface area (Å²) in [5.41, 5.74) is -0.584. The minimum absolute atomic E-state index is 0.242. The van der Waals surface area contributed by atoms with E-state index in [1.165, 1.54) is 31.4 Å². The standard InChI is InChI=1S/C15H20F3NO3/c1-14(2,3)22-13(20)9-12(15(16,17)18)19-10-5-7-11(21-4)8-6-10/h5-8,12,19H,9H2,1-4H3/t12-/m0/s1. The van der Waals surface area contributed by atoms with Gasteiger partial charge in [-0.15, -0.1) is 0 Å². The molecule has 0 amide bonds. The average molecular weight is 319 g/mol. The fourth-order valence-corrected chi connectivity index (χ4v) is 1.69. The molecule has 0 saturated heterocycles. The van der Waals surface area contributed by atoms with Gasteiger partial charge in [0.1, 0.15) is 17.4 Å². The first-order valence-corrected chi connectivity index (χ1v) is 6.70. The fraction of sp³-hybridized carbons (Fsp3) is 0.533. The molecule has 1 aromatic rings. The van der Waals surface area contributed by atoms with Crippen molar-refractivity contribution in [1.82, 2.24) is 0 Å². The van der Waals surface area contributed by atoms with E-state index >= 15 is 0 Å². The summed E-state index contributed by atoms with van der Waals surface area (Å²) in [5.74, 6) is -0.378. The molecule has 124 valence electrons. The van der Waals surface area contributed by atoms with Gasteiger partial charge >= 0.3 is 12.1 Å². The highest BCUT2D eigenvalue weighted by atomic mass is 19.4. The largest absolute Gasteiger partial charge is 0.497 e. The van der Waals surface area contributed by atoms with Crippen LogP contribution in [-0.4, -0.2) is 30.9 Å². The number of ether oxygens (including phenoxy) is 2. The highest BCUT2D eigenvalue weighted by molar-refractivity contribution is 5.71. The van der Waals surface area contributed by atoms with Crippen LogP contribution >= 0.6 is 0 Å². The molecule has 1 aromatic carbocycles. The molecule has 4 nitrogen and oxygen atoms in total. The van der Waals surface area contributed by atoms with E-state index in [2.05, 4.69) is 5.32 Å². The Hall–Kier alpha value is -1.92. The number of carbonyl (C=O) groups excluding carboxylic acids is 1. The molecule has 1 atom stereocenters. The number of nitrogens with one attached hydrogen (secondary N) is 1. The van der Waals surface area contributed by atoms with Crippen LogP contribution in [0.4, 0.5) is 18.9 Å². The normalized spacial score (nSPS) is 13.4. The first kappa shape index (κ1) is 18.1. The number of benzene rings is 1. The van der Waals surface area contributed by atoms with Crippen molar-refractivity contribution in [3.63, 3.8) is 0 Å². The first-order chi connectivity index (χ1) is 10.0. The maximum Gasteiger partial charge on any atom is 0.409 e. The summed E-state index contributed by atoms with van der Waals surface area (Å²) in [6, 6.07) is 3.95. The van der Waals surface area contributed by atoms with E-state index in [4.69, 9.17) is 9.47 Å². The summed E-state index contributed by atoms with van der Waals surface area (Å²) in [4.78, 5) is 11.6. The Kier molecular flexibility index (Phi) is 5.68. The molecule has 1 rings (SSSR count). The molecule has 1 N–H and O–H groups in total. The molecule has 0 radical (unpaired) electrons. The van der Waals surface area contributed by atoms with Gasteiger partial charge in [-0.25, -0.2) is 0 Å². The van der Waals surface area contributed by atoms with Gasteiger partial charge in [-0.1, -0.05) is 0 Å². The summed E-state index contributed by atoms with van der Waals surface area (Å²) >= 11 is 0. The van der Waals surface area contributed by atoms with Crippen LogP contribution in [0.25, 0.3) is 0 Å². The van der Waals surface area contributed by atoms with E-state index in [1.54, 1.807) is 20.8 Å². The van der Waals surface area contributed by atoms with Gasteiger partial charge in [0.2, 0.25) is 0 Å². The Labute approximate surface area is 127 Å². The predicted octanol–water partition coefficient (Wildman–Crippen LogP) is 3.77. The molecule has 0 aromatic heterocycles. The number of methoxy groups -OCH3 is 1. The number of rotatable bonds is 5. The summed E-state index contributed by atoms with van der Waals surface area (Å²) < 4.78 is 49.0. The maximum absolute atomic E-state index is 13.0. The van der Waals surface area contributed by atoms with Gasteiger partial charge in [-0.2, -0.15) is 13.2 Å². The molecule has 7 heteroatoms. The molecular weight excluding hydrogens is 299 g/mol. The fourth-order valence-electron chi connectivity index (χ4n) is 1.69. The predicted molar refractivity (Wildman–Crippen MR) is 76.9 cm³/mol. The lowest BCUT2D eigenvalue weighted by atomic mass is 10.1. The number of halogens is 3. The Bertz CT molecular complexity index is 492. The smallest absolute Gasteiger partial charge is 0.409 e. The lowest BCUT2D eigenvalue weighted by Gasteiger charge is -2.25. The SMILES string of the molecule is COc1ccc(N[C@@H](CC(=O)OC(C)(C)C)C(F)(F)F)cc1. The van der Waals surface area contributed by atoms with Crippen molar-refractivity contribution in [1.29, 1.82) is 0 Å². The monoisotopic (exact) mass is 319 g/mol. The van der Waals surface area contributed by atoms with Crippen molar-refractivity contribution in [2.45, 2.75) is 45.0 Å². The second-order valence-electron chi connectivity index (χ2n) is 5.76. The van der Waals surface area contributed by atoms with Gasteiger partial charge in [0, 0.05) is 5.69 Å². The molecule has 0 unspecified atom stereocenters. The van der Waals surface area contributed by atoms with Crippen molar-refractivity contribution in [3.05, 3.63) is 24.3 Å². The number of hydrogen-bond donors (Lipinski definition) is 1. The van der Waals surface area contributed by atoms with E-state index in [9.17, 15) is 18.0 Å². The number of alkyl halides is 3. The minimum atomic E-state index is -4.57. The van der Waals surface area contributed by atoms with Crippen LogP contribution in [0.2, 0.25) is 0 Å². The number of carbonyl (C=O) groups is 1. The molecule has 0 fully saturated rings. The Morgan fingerprint density at radius 2 is 1.73 bits per heavy atom. The molecule has 0 aliphatic heterocycles. The molecule has 0 heterocycles. The Balaban J connectivity index is 2.78. The van der Waals surface area contributed by atoms with Crippen LogP contribution in [-0.2, 0) is 9.53 Å². The van der Waals surface area contributed by atoms with Gasteiger partial charge < -0.3 is 14.8 Å². The van der Waals surface area contributed by atoms with E-state index in [1.807, 2.05) is 0 Å². The molecule has 0 aliphatic rings. The van der Waals surface area contributed by atoms with Gasteiger partial charge in [0.15, 0.2) is 0 Å². The van der Waals surface area contributed by atoms with E-state index in [-0.39, 0.29) is 5.69 Å². The van der Waals surface area contributed by atoms with Crippen LogP contribution < -0.4 is 10.1 Å². The van der Waals surface area contributed by atoms with Gasteiger partial charge in [-0.3, -0.25) is 4.79 Å². The summed E-state index contributed by atoms with van der Waals surface area (Å²) in [5, 5.41) is 2.31. The number of anilines is 1. The summed E-state index contributed by atoms with van der Waals surface area (Å²) in [7, 11) is 1.46. The van der Waals surface area contributed by atoms with Crippen molar-refractivity contribution < 1.29 is 27.4 Å². The van der Waals surface area contributed by atoms with Gasteiger partial charge in [0.25, 0.3) is 0 Å². The van der Waals surface area contributed by atoms with Crippen molar-refractivity contribution in [3.8, 4) is 5.75 Å². The molecule has 0 spiro atoms. The lowest BCUT2D eigenvalue weighted by molar-refractivity contribution is -0.168. The van der Waals surface area contributed by atoms with Crippen molar-refractivity contribution >= 4 is 11.7 Å². The third-order valence-corrected chi connectivity index (χ3v) is 2.62. The molecule has 0 aliphatic carbocycles. The number of hydrogen-bond acceptors (Lipinski definition) is 4. The summed E-state index contributed by atoms with van der Waals surface area (Å²) in [6.45, 7) is 4.80. The average Bonchev–Trinajstić information content (AvgIpc) is 2.35. The van der Waals surface area contributed by atoms with Crippen LogP contribution in [0.5, 0.6) is 5.75 Å². The third-order valence-electron chi connectivity index (χ3n) is 2.62. The first-order valence-electron chi connectivity index (χ1n) is 6.70. The van der Waals surface area contributed by atoms with Crippen molar-refractivity contribution in [2.75, 3.05) is 12.4 Å². The van der Waals surface area contributed by atoms with Gasteiger partial charge in [0.05, 0.1) is 13.5 Å².